The molecule has 5 rings (SSSR count). The summed E-state index contributed by atoms with van der Waals surface area (Å²) in [5.41, 5.74) is 0. The normalized spacial score (nSPS) is 12.9. The molecule has 1 nitrogen and oxygen atoms in total. The molecule has 0 aromatic heterocycles. The number of halogens is 1. The average molecular weight is 532 g/mol. The van der Waals surface area contributed by atoms with Crippen LogP contribution < -0.4 is 15.6 Å². The summed E-state index contributed by atoms with van der Waals surface area (Å²) in [5.74, 6) is 0. The molecule has 3 aromatic carbocycles. The SMILES string of the molecule is ClO[Si](c1ccccc1)(c1ccccc1)c1ccccc1.[C-]1=CC=CC1.[C-]1=CC=CC1.[Zr+2]. The molecule has 0 fully saturated rings. The van der Waals surface area contributed by atoms with Crippen molar-refractivity contribution < 1.29 is 30.2 Å². The van der Waals surface area contributed by atoms with Crippen LogP contribution in [0.1, 0.15) is 12.8 Å². The molecule has 0 radical (unpaired) electrons. The van der Waals surface area contributed by atoms with Crippen molar-refractivity contribution in [1.29, 1.82) is 0 Å². The van der Waals surface area contributed by atoms with E-state index in [9.17, 15) is 0 Å². The minimum Gasteiger partial charge on any atom is -0.308 e. The second-order valence-electron chi connectivity index (χ2n) is 6.86. The Hall–Kier alpha value is -2.03. The molecule has 4 heteroatoms. The minimum absolute atomic E-state index is 0. The van der Waals surface area contributed by atoms with Crippen LogP contribution in [0.15, 0.2) is 127 Å². The van der Waals surface area contributed by atoms with E-state index in [0.717, 1.165) is 28.4 Å². The van der Waals surface area contributed by atoms with Gasteiger partial charge in [0.05, 0.1) is 0 Å². The molecule has 0 atom stereocenters. The van der Waals surface area contributed by atoms with Crippen molar-refractivity contribution in [3.8, 4) is 0 Å². The van der Waals surface area contributed by atoms with Gasteiger partial charge in [0.25, 0.3) is 0 Å². The summed E-state index contributed by atoms with van der Waals surface area (Å²) < 4.78 is 5.71. The molecule has 3 aromatic rings. The monoisotopic (exact) mass is 530 g/mol. The van der Waals surface area contributed by atoms with Crippen molar-refractivity contribution in [3.05, 3.63) is 140 Å². The van der Waals surface area contributed by atoms with Crippen LogP contribution in [0, 0.1) is 12.2 Å². The molecular weight excluding hydrogens is 507 g/mol. The summed E-state index contributed by atoms with van der Waals surface area (Å²) >= 11 is 6.09. The second kappa shape index (κ2) is 14.9. The number of allylic oxidation sites excluding steroid dienone is 8. The Morgan fingerprint density at radius 1 is 0.594 bits per heavy atom. The zero-order valence-electron chi connectivity index (χ0n) is 17.8. The minimum atomic E-state index is -2.63. The first-order valence-electron chi connectivity index (χ1n) is 10.3. The van der Waals surface area contributed by atoms with E-state index in [-0.39, 0.29) is 26.2 Å². The average Bonchev–Trinajstić information content (AvgIpc) is 3.62. The van der Waals surface area contributed by atoms with Crippen LogP contribution in [0.5, 0.6) is 0 Å². The Balaban J connectivity index is 0.000000271. The maximum absolute atomic E-state index is 6.09. The zero-order chi connectivity index (χ0) is 21.6. The smallest absolute Gasteiger partial charge is 0.308 e. The van der Waals surface area contributed by atoms with Crippen LogP contribution in [-0.4, -0.2) is 8.32 Å². The van der Waals surface area contributed by atoms with Crippen molar-refractivity contribution >= 4 is 35.7 Å². The Kier molecular flexibility index (Phi) is 12.2. The maximum atomic E-state index is 6.09. The first-order chi connectivity index (χ1) is 15.4. The van der Waals surface area contributed by atoms with Gasteiger partial charge < -0.3 is 3.98 Å². The van der Waals surface area contributed by atoms with Crippen molar-refractivity contribution in [2.24, 2.45) is 0 Å². The van der Waals surface area contributed by atoms with E-state index in [4.69, 9.17) is 15.8 Å². The summed E-state index contributed by atoms with van der Waals surface area (Å²) in [4.78, 5) is 0. The first kappa shape index (κ1) is 26.2. The van der Waals surface area contributed by atoms with Crippen LogP contribution in [0.2, 0.25) is 0 Å². The molecule has 0 aliphatic heterocycles. The number of hydrogen-bond donors (Lipinski definition) is 0. The maximum Gasteiger partial charge on any atom is 2.00 e. The van der Waals surface area contributed by atoms with E-state index in [1.54, 1.807) is 0 Å². The molecule has 0 saturated carbocycles. The van der Waals surface area contributed by atoms with Gasteiger partial charge in [0.1, 0.15) is 0 Å². The van der Waals surface area contributed by atoms with E-state index in [1.807, 2.05) is 78.9 Å². The molecule has 0 bridgehead atoms. The molecule has 0 heterocycles. The Labute approximate surface area is 217 Å². The van der Waals surface area contributed by atoms with E-state index in [0.29, 0.717) is 0 Å². The van der Waals surface area contributed by atoms with Crippen LogP contribution in [0.25, 0.3) is 0 Å². The Morgan fingerprint density at radius 2 is 0.938 bits per heavy atom. The standard InChI is InChI=1S/C18H15ClOSi.2C5H5.Zr/c19-20-21(16-10-4-1-5-11-16,17-12-6-2-7-13-17)18-14-8-3-9-15-18;2*1-2-4-5-3-1;/h1-15H;2*1-3H,4H2;/q;2*-1;+2. The van der Waals surface area contributed by atoms with Gasteiger partial charge in [-0.05, 0) is 15.6 Å². The fourth-order valence-corrected chi connectivity index (χ4v) is 7.39. The summed E-state index contributed by atoms with van der Waals surface area (Å²) in [7, 11) is -2.63. The molecule has 0 saturated heterocycles. The fourth-order valence-electron chi connectivity index (χ4n) is 3.33. The predicted octanol–water partition coefficient (Wildman–Crippen LogP) is 5.43. The number of rotatable bonds is 4. The number of hydrogen-bond acceptors (Lipinski definition) is 1. The van der Waals surface area contributed by atoms with Crippen LogP contribution >= 0.6 is 11.9 Å². The summed E-state index contributed by atoms with van der Waals surface area (Å²) in [5, 5.41) is 3.41. The second-order valence-corrected chi connectivity index (χ2v) is 10.6. The molecule has 0 N–H and O–H groups in total. The molecule has 158 valence electrons. The molecule has 32 heavy (non-hydrogen) atoms. The van der Waals surface area contributed by atoms with Gasteiger partial charge in [-0.3, -0.25) is 12.2 Å². The largest absolute Gasteiger partial charge is 2.00 e. The van der Waals surface area contributed by atoms with E-state index >= 15 is 0 Å². The van der Waals surface area contributed by atoms with Gasteiger partial charge >= 0.3 is 34.5 Å². The van der Waals surface area contributed by atoms with E-state index in [1.165, 1.54) is 0 Å². The Bertz CT molecular complexity index is 876. The van der Waals surface area contributed by atoms with Gasteiger partial charge in [0, 0.05) is 11.9 Å². The predicted molar refractivity (Wildman–Crippen MR) is 134 cm³/mol. The molecule has 2 aliphatic carbocycles. The van der Waals surface area contributed by atoms with Gasteiger partial charge in [0.2, 0.25) is 0 Å². The summed E-state index contributed by atoms with van der Waals surface area (Å²) in [6.07, 6.45) is 20.0. The van der Waals surface area contributed by atoms with Gasteiger partial charge in [-0.15, -0.1) is 12.8 Å². The molecule has 0 amide bonds. The van der Waals surface area contributed by atoms with Gasteiger partial charge in [-0.1, -0.05) is 91.0 Å². The topological polar surface area (TPSA) is 9.23 Å². The third-order valence-corrected chi connectivity index (χ3v) is 9.19. The van der Waals surface area contributed by atoms with Crippen molar-refractivity contribution in [1.82, 2.24) is 0 Å². The van der Waals surface area contributed by atoms with E-state index in [2.05, 4.69) is 60.7 Å². The number of benzene rings is 3. The fraction of sp³-hybridized carbons (Fsp3) is 0.0714. The first-order valence-corrected chi connectivity index (χ1v) is 12.5. The third-order valence-electron chi connectivity index (χ3n) is 4.83. The summed E-state index contributed by atoms with van der Waals surface area (Å²) in [6, 6.07) is 30.7. The van der Waals surface area contributed by atoms with Crippen LogP contribution in [0.3, 0.4) is 0 Å². The third kappa shape index (κ3) is 7.25. The Morgan fingerprint density at radius 3 is 1.12 bits per heavy atom. The summed E-state index contributed by atoms with van der Waals surface area (Å²) in [6.45, 7) is 0. The van der Waals surface area contributed by atoms with Gasteiger partial charge in [-0.2, -0.15) is 12.2 Å². The van der Waals surface area contributed by atoms with Gasteiger partial charge in [0.15, 0.2) is 0 Å². The quantitative estimate of drug-likeness (QED) is 0.248. The van der Waals surface area contributed by atoms with Crippen molar-refractivity contribution in [3.63, 3.8) is 0 Å². The molecule has 0 unspecified atom stereocenters. The van der Waals surface area contributed by atoms with E-state index < -0.39 is 8.32 Å². The molecule has 2 aliphatic rings. The van der Waals surface area contributed by atoms with Crippen molar-refractivity contribution in [2.75, 3.05) is 0 Å². The van der Waals surface area contributed by atoms with Gasteiger partial charge in [-0.25, -0.2) is 24.3 Å². The zero-order valence-corrected chi connectivity index (χ0v) is 22.0. The molecular formula is C28H25ClOSiZr. The van der Waals surface area contributed by atoms with Crippen molar-refractivity contribution in [2.45, 2.75) is 12.8 Å². The van der Waals surface area contributed by atoms with Crippen LogP contribution in [0.4, 0.5) is 0 Å². The molecule has 0 spiro atoms. The van der Waals surface area contributed by atoms with Crippen LogP contribution in [-0.2, 0) is 30.2 Å².